The van der Waals surface area contributed by atoms with E-state index in [1.807, 2.05) is 4.90 Å². The van der Waals surface area contributed by atoms with Gasteiger partial charge in [-0.2, -0.15) is 0 Å². The first-order valence-electron chi connectivity index (χ1n) is 10.3. The molecule has 0 unspecified atom stereocenters. The number of carbonyl (C=O) groups excluding carboxylic acids is 1. The van der Waals surface area contributed by atoms with E-state index in [2.05, 4.69) is 4.98 Å². The molecule has 3 fully saturated rings. The van der Waals surface area contributed by atoms with Crippen LogP contribution in [-0.2, 0) is 0 Å². The van der Waals surface area contributed by atoms with Crippen molar-refractivity contribution in [2.45, 2.75) is 51.0 Å². The highest BCUT2D eigenvalue weighted by Crippen LogP contribution is 2.50. The first-order chi connectivity index (χ1) is 13.2. The Bertz CT molecular complexity index is 885. The van der Waals surface area contributed by atoms with Crippen LogP contribution in [0.15, 0.2) is 39.7 Å². The third-order valence-electron chi connectivity index (χ3n) is 7.02. The number of aromatic amines is 1. The highest BCUT2D eigenvalue weighted by Gasteiger charge is 2.42. The molecule has 2 saturated carbocycles. The number of furan rings is 1. The SMILES string of the molecule is O=C(c1ccc(-c2ccco2)[nH]c1=O)N1CCC[C@H]1C[C@@H]1C[C@@H]2CC[C@@H]1C2. The summed E-state index contributed by atoms with van der Waals surface area (Å²) in [5.74, 6) is 3.07. The molecule has 5 nitrogen and oxygen atoms in total. The summed E-state index contributed by atoms with van der Waals surface area (Å²) in [7, 11) is 0. The second-order valence-electron chi connectivity index (χ2n) is 8.56. The quantitative estimate of drug-likeness (QED) is 0.887. The largest absolute Gasteiger partial charge is 0.463 e. The number of nitrogens with zero attached hydrogens (tertiary/aromatic N) is 1. The monoisotopic (exact) mass is 366 g/mol. The van der Waals surface area contributed by atoms with Gasteiger partial charge in [-0.25, -0.2) is 0 Å². The van der Waals surface area contributed by atoms with Gasteiger partial charge in [0.2, 0.25) is 0 Å². The fourth-order valence-corrected chi connectivity index (χ4v) is 5.74. The van der Waals surface area contributed by atoms with Crippen molar-refractivity contribution in [1.82, 2.24) is 9.88 Å². The van der Waals surface area contributed by atoms with Crippen LogP contribution in [-0.4, -0.2) is 28.4 Å². The lowest BCUT2D eigenvalue weighted by Gasteiger charge is -2.30. The summed E-state index contributed by atoms with van der Waals surface area (Å²) < 4.78 is 5.32. The first kappa shape index (κ1) is 16.8. The average molecular weight is 366 g/mol. The molecule has 3 aliphatic rings. The molecule has 0 radical (unpaired) electrons. The molecule has 0 aromatic carbocycles. The lowest BCUT2D eigenvalue weighted by atomic mass is 9.83. The summed E-state index contributed by atoms with van der Waals surface area (Å²) in [6.45, 7) is 0.768. The third kappa shape index (κ3) is 3.03. The van der Waals surface area contributed by atoms with E-state index in [0.717, 1.165) is 43.6 Å². The van der Waals surface area contributed by atoms with E-state index >= 15 is 0 Å². The summed E-state index contributed by atoms with van der Waals surface area (Å²) in [4.78, 5) is 30.4. The summed E-state index contributed by atoms with van der Waals surface area (Å²) in [5, 5.41) is 0. The summed E-state index contributed by atoms with van der Waals surface area (Å²) in [5.41, 5.74) is 0.506. The predicted octanol–water partition coefficient (Wildman–Crippen LogP) is 4.07. The minimum atomic E-state index is -0.334. The summed E-state index contributed by atoms with van der Waals surface area (Å²) >= 11 is 0. The van der Waals surface area contributed by atoms with Crippen molar-refractivity contribution in [3.8, 4) is 11.5 Å². The van der Waals surface area contributed by atoms with E-state index in [-0.39, 0.29) is 17.0 Å². The van der Waals surface area contributed by atoms with Crippen LogP contribution in [0.2, 0.25) is 0 Å². The zero-order valence-corrected chi connectivity index (χ0v) is 15.5. The minimum absolute atomic E-state index is 0.118. The van der Waals surface area contributed by atoms with Gasteiger partial charge in [0.25, 0.3) is 11.5 Å². The zero-order chi connectivity index (χ0) is 18.4. The highest BCUT2D eigenvalue weighted by atomic mass is 16.3. The number of hydrogen-bond acceptors (Lipinski definition) is 3. The van der Waals surface area contributed by atoms with E-state index in [9.17, 15) is 9.59 Å². The van der Waals surface area contributed by atoms with E-state index in [4.69, 9.17) is 4.42 Å². The number of rotatable bonds is 4. The van der Waals surface area contributed by atoms with Gasteiger partial charge >= 0.3 is 0 Å². The van der Waals surface area contributed by atoms with Gasteiger partial charge in [-0.1, -0.05) is 6.42 Å². The number of fused-ring (bicyclic) bond motifs is 2. The molecule has 4 atom stereocenters. The van der Waals surface area contributed by atoms with Gasteiger partial charge in [-0.15, -0.1) is 0 Å². The smallest absolute Gasteiger partial charge is 0.261 e. The normalized spacial score (nSPS) is 29.6. The van der Waals surface area contributed by atoms with Crippen LogP contribution in [0.3, 0.4) is 0 Å². The lowest BCUT2D eigenvalue weighted by Crippen LogP contribution is -2.39. The van der Waals surface area contributed by atoms with Gasteiger partial charge in [0, 0.05) is 12.6 Å². The van der Waals surface area contributed by atoms with E-state index < -0.39 is 0 Å². The van der Waals surface area contributed by atoms with Gasteiger partial charge in [-0.3, -0.25) is 9.59 Å². The Hall–Kier alpha value is -2.30. The van der Waals surface area contributed by atoms with Crippen LogP contribution in [0.5, 0.6) is 0 Å². The average Bonchev–Trinajstić information content (AvgIpc) is 3.45. The van der Waals surface area contributed by atoms with Crippen molar-refractivity contribution in [2.75, 3.05) is 6.54 Å². The maximum absolute atomic E-state index is 13.1. The van der Waals surface area contributed by atoms with Crippen molar-refractivity contribution < 1.29 is 9.21 Å². The van der Waals surface area contributed by atoms with Gasteiger partial charge in [0.15, 0.2) is 0 Å². The van der Waals surface area contributed by atoms with Gasteiger partial charge in [-0.05, 0) is 80.5 Å². The fourth-order valence-electron chi connectivity index (χ4n) is 5.74. The Labute approximate surface area is 158 Å². The molecule has 2 aliphatic carbocycles. The van der Waals surface area contributed by atoms with Crippen LogP contribution < -0.4 is 5.56 Å². The number of aromatic nitrogens is 1. The second kappa shape index (κ2) is 6.70. The molecule has 1 N–H and O–H groups in total. The second-order valence-corrected chi connectivity index (χ2v) is 8.56. The van der Waals surface area contributed by atoms with Crippen molar-refractivity contribution in [1.29, 1.82) is 0 Å². The van der Waals surface area contributed by atoms with Crippen molar-refractivity contribution in [3.63, 3.8) is 0 Å². The van der Waals surface area contributed by atoms with Crippen LogP contribution in [0, 0.1) is 17.8 Å². The molecule has 2 aromatic rings. The molecule has 142 valence electrons. The number of nitrogens with one attached hydrogen (secondary N) is 1. The Morgan fingerprint density at radius 1 is 1.19 bits per heavy atom. The van der Waals surface area contributed by atoms with Gasteiger partial charge < -0.3 is 14.3 Å². The van der Waals surface area contributed by atoms with Crippen LogP contribution in [0.4, 0.5) is 0 Å². The van der Waals surface area contributed by atoms with Crippen molar-refractivity contribution in [2.24, 2.45) is 17.8 Å². The Morgan fingerprint density at radius 3 is 2.81 bits per heavy atom. The molecule has 2 bridgehead atoms. The van der Waals surface area contributed by atoms with Crippen LogP contribution in [0.25, 0.3) is 11.5 Å². The Kier molecular flexibility index (Phi) is 4.18. The molecule has 2 aromatic heterocycles. The van der Waals surface area contributed by atoms with E-state index in [1.54, 1.807) is 30.5 Å². The minimum Gasteiger partial charge on any atom is -0.463 e. The zero-order valence-electron chi connectivity index (χ0n) is 15.5. The number of hydrogen-bond donors (Lipinski definition) is 1. The first-order valence-corrected chi connectivity index (χ1v) is 10.3. The van der Waals surface area contributed by atoms with Gasteiger partial charge in [0.05, 0.1) is 12.0 Å². The van der Waals surface area contributed by atoms with Crippen molar-refractivity contribution >= 4 is 5.91 Å². The van der Waals surface area contributed by atoms with E-state index in [1.165, 1.54) is 25.7 Å². The topological polar surface area (TPSA) is 66.3 Å². The number of amides is 1. The summed E-state index contributed by atoms with van der Waals surface area (Å²) in [6, 6.07) is 7.27. The Morgan fingerprint density at radius 2 is 2.11 bits per heavy atom. The molecule has 5 heteroatoms. The van der Waals surface area contributed by atoms with Crippen LogP contribution in [0.1, 0.15) is 55.3 Å². The molecular formula is C22H26N2O3. The fraction of sp³-hybridized carbons (Fsp3) is 0.545. The summed E-state index contributed by atoms with van der Waals surface area (Å²) in [6.07, 6.45) is 10.3. The molecule has 1 aliphatic heterocycles. The molecule has 1 saturated heterocycles. The highest BCUT2D eigenvalue weighted by molar-refractivity contribution is 5.94. The lowest BCUT2D eigenvalue weighted by molar-refractivity contribution is 0.0706. The Balaban J connectivity index is 1.33. The number of carbonyl (C=O) groups is 1. The van der Waals surface area contributed by atoms with Crippen LogP contribution >= 0.6 is 0 Å². The molecule has 3 heterocycles. The maximum atomic E-state index is 13.1. The molecule has 0 spiro atoms. The molecule has 1 amide bonds. The number of H-pyrrole nitrogens is 1. The third-order valence-corrected chi connectivity index (χ3v) is 7.02. The molecular weight excluding hydrogens is 340 g/mol. The van der Waals surface area contributed by atoms with Crippen molar-refractivity contribution in [3.05, 3.63) is 46.4 Å². The van der Waals surface area contributed by atoms with Gasteiger partial charge in [0.1, 0.15) is 11.3 Å². The number of pyridine rings is 1. The molecule has 27 heavy (non-hydrogen) atoms. The predicted molar refractivity (Wildman–Crippen MR) is 102 cm³/mol. The maximum Gasteiger partial charge on any atom is 0.261 e. The number of likely N-dealkylation sites (tertiary alicyclic amines) is 1. The molecule has 5 rings (SSSR count). The van der Waals surface area contributed by atoms with E-state index in [0.29, 0.717) is 17.5 Å². The standard InChI is InChI=1S/C22H26N2O3/c25-21-18(7-8-19(23-21)20-4-2-10-27-20)22(26)24-9-1-3-17(24)13-16-12-14-5-6-15(16)11-14/h2,4,7-8,10,14-17H,1,3,5-6,9,11-13H2,(H,23,25)/t14-,15-,16+,17+/m1/s1.